The van der Waals surface area contributed by atoms with E-state index in [1.54, 1.807) is 57.6 Å². The summed E-state index contributed by atoms with van der Waals surface area (Å²) in [5.41, 5.74) is 18.4. The molecule has 4 aromatic carbocycles. The third kappa shape index (κ3) is 7.61. The molecule has 4 heterocycles. The highest BCUT2D eigenvalue weighted by atomic mass is 16.5. The number of benzene rings is 4. The van der Waals surface area contributed by atoms with Gasteiger partial charge in [-0.05, 0) is 111 Å². The molecule has 0 atom stereocenters. The van der Waals surface area contributed by atoms with Gasteiger partial charge in [-0.15, -0.1) is 0 Å². The smallest absolute Gasteiger partial charge is 0.357 e. The number of pyridine rings is 2. The van der Waals surface area contributed by atoms with Gasteiger partial charge in [-0.2, -0.15) is 0 Å². The molecule has 0 amide bonds. The largest absolute Gasteiger partial charge is 0.461 e. The van der Waals surface area contributed by atoms with Gasteiger partial charge in [0.25, 0.3) is 0 Å². The van der Waals surface area contributed by atoms with Crippen LogP contribution in [0.25, 0.3) is 43.6 Å². The van der Waals surface area contributed by atoms with Crippen LogP contribution in [0.2, 0.25) is 0 Å². The molecule has 56 heavy (non-hydrogen) atoms. The number of anilines is 2. The van der Waals surface area contributed by atoms with E-state index in [1.807, 2.05) is 67.6 Å². The van der Waals surface area contributed by atoms with Gasteiger partial charge in [-0.3, -0.25) is 0 Å². The molecule has 0 fully saturated rings. The van der Waals surface area contributed by atoms with Crippen molar-refractivity contribution in [2.24, 2.45) is 0 Å². The Morgan fingerprint density at radius 3 is 1.55 bits per heavy atom. The van der Waals surface area contributed by atoms with Crippen molar-refractivity contribution in [2.45, 2.75) is 27.4 Å². The maximum atomic E-state index is 12.4. The van der Waals surface area contributed by atoms with Crippen LogP contribution in [-0.2, 0) is 20.8 Å². The molecule has 13 nitrogen and oxygen atoms in total. The molecule has 0 saturated heterocycles. The van der Waals surface area contributed by atoms with Gasteiger partial charge in [0.1, 0.15) is 23.0 Å². The lowest BCUT2D eigenvalue weighted by molar-refractivity contribution is 0.0507. The van der Waals surface area contributed by atoms with Crippen molar-refractivity contribution in [1.29, 1.82) is 0 Å². The summed E-state index contributed by atoms with van der Waals surface area (Å²) in [5, 5.41) is 3.67. The second-order valence-electron chi connectivity index (χ2n) is 12.8. The highest BCUT2D eigenvalue weighted by Crippen LogP contribution is 2.35. The van der Waals surface area contributed by atoms with Crippen LogP contribution in [0.5, 0.6) is 23.0 Å². The third-order valence-corrected chi connectivity index (χ3v) is 9.02. The normalized spacial score (nSPS) is 11.1. The van der Waals surface area contributed by atoms with E-state index in [9.17, 15) is 9.59 Å². The van der Waals surface area contributed by atoms with Gasteiger partial charge >= 0.3 is 11.9 Å². The number of nitrogen functional groups attached to an aromatic ring is 2. The Morgan fingerprint density at radius 2 is 1.05 bits per heavy atom. The van der Waals surface area contributed by atoms with E-state index < -0.39 is 11.9 Å². The van der Waals surface area contributed by atoms with Crippen molar-refractivity contribution in [3.8, 4) is 23.0 Å². The number of methoxy groups -OCH3 is 1. The molecule has 0 aliphatic rings. The van der Waals surface area contributed by atoms with Gasteiger partial charge < -0.3 is 45.1 Å². The van der Waals surface area contributed by atoms with Crippen LogP contribution >= 0.6 is 0 Å². The van der Waals surface area contributed by atoms with E-state index in [1.165, 1.54) is 0 Å². The first-order valence-corrected chi connectivity index (χ1v) is 17.9. The fraction of sp³-hybridized carbons (Fsp3) is 0.163. The fourth-order valence-corrected chi connectivity index (χ4v) is 6.51. The molecular weight excluding hydrogens is 713 g/mol. The monoisotopic (exact) mass is 752 g/mol. The Hall–Kier alpha value is -7.12. The number of aromatic amines is 2. The number of H-pyrrole nitrogens is 2. The molecule has 13 heteroatoms. The van der Waals surface area contributed by atoms with Crippen LogP contribution in [-0.4, -0.2) is 52.2 Å². The molecule has 0 saturated carbocycles. The van der Waals surface area contributed by atoms with Crippen LogP contribution in [0.4, 0.5) is 11.4 Å². The van der Waals surface area contributed by atoms with E-state index in [2.05, 4.69) is 19.9 Å². The van der Waals surface area contributed by atoms with Crippen LogP contribution in [0.3, 0.4) is 0 Å². The summed E-state index contributed by atoms with van der Waals surface area (Å²) in [7, 11) is 1.58. The van der Waals surface area contributed by atoms with Crippen LogP contribution in [0.15, 0.2) is 97.3 Å². The Balaban J connectivity index is 0.000000172. The topological polar surface area (TPSA) is 190 Å². The minimum Gasteiger partial charge on any atom is -0.461 e. The van der Waals surface area contributed by atoms with Gasteiger partial charge in [0, 0.05) is 56.6 Å². The molecule has 8 aromatic rings. The van der Waals surface area contributed by atoms with E-state index >= 15 is 0 Å². The average molecular weight is 753 g/mol. The van der Waals surface area contributed by atoms with Gasteiger partial charge in [0.05, 0.1) is 43.2 Å². The standard InChI is InChI=1S/C22H21N3O4.C21H19N3O3/c1-3-28-22(26)21-17(12-27-2)20-16-10-15(29-14-6-4-13(23)5-7-14)8-9-18(16)25-19(20)11-24-21;1-3-26-21(25)20-12(2)19-16-10-15(27-14-6-4-13(22)5-7-14)8-9-17(16)24-18(19)11-23-20/h4-11,25H,3,12,23H2,1-2H3;4-11,24H,3,22H2,1-2H3. The number of hydrogen-bond donors (Lipinski definition) is 4. The molecule has 6 N–H and O–H groups in total. The minimum absolute atomic E-state index is 0.231. The van der Waals surface area contributed by atoms with Crippen molar-refractivity contribution in [1.82, 2.24) is 19.9 Å². The number of ether oxygens (including phenoxy) is 5. The first kappa shape index (κ1) is 37.2. The lowest BCUT2D eigenvalue weighted by Crippen LogP contribution is -2.11. The van der Waals surface area contributed by atoms with Crippen LogP contribution < -0.4 is 20.9 Å². The average Bonchev–Trinajstić information content (AvgIpc) is 3.76. The van der Waals surface area contributed by atoms with E-state index in [-0.39, 0.29) is 18.9 Å². The second-order valence-corrected chi connectivity index (χ2v) is 12.8. The molecule has 0 aliphatic carbocycles. The van der Waals surface area contributed by atoms with Gasteiger partial charge in [-0.25, -0.2) is 19.6 Å². The first-order valence-electron chi connectivity index (χ1n) is 17.9. The number of rotatable bonds is 10. The highest BCUT2D eigenvalue weighted by molar-refractivity contribution is 6.12. The maximum absolute atomic E-state index is 12.4. The Bertz CT molecular complexity index is 2700. The third-order valence-electron chi connectivity index (χ3n) is 9.02. The Labute approximate surface area is 321 Å². The second kappa shape index (κ2) is 16.1. The summed E-state index contributed by atoms with van der Waals surface area (Å²) in [5.74, 6) is 1.87. The zero-order valence-electron chi connectivity index (χ0n) is 31.3. The van der Waals surface area contributed by atoms with Crippen molar-refractivity contribution < 1.29 is 33.3 Å². The Morgan fingerprint density at radius 1 is 0.607 bits per heavy atom. The summed E-state index contributed by atoms with van der Waals surface area (Å²) in [6, 6.07) is 26.0. The highest BCUT2D eigenvalue weighted by Gasteiger charge is 2.21. The molecular formula is C43H40N6O7. The molecule has 284 valence electrons. The Kier molecular flexibility index (Phi) is 10.7. The number of nitrogens with zero attached hydrogens (tertiary/aromatic N) is 2. The van der Waals surface area contributed by atoms with E-state index in [4.69, 9.17) is 35.2 Å². The number of esters is 2. The van der Waals surface area contributed by atoms with Crippen molar-refractivity contribution in [3.63, 3.8) is 0 Å². The number of fused-ring (bicyclic) bond motifs is 6. The number of hydrogen-bond acceptors (Lipinski definition) is 11. The van der Waals surface area contributed by atoms with Gasteiger partial charge in [0.15, 0.2) is 11.4 Å². The summed E-state index contributed by atoms with van der Waals surface area (Å²) < 4.78 is 27.5. The maximum Gasteiger partial charge on any atom is 0.357 e. The summed E-state index contributed by atoms with van der Waals surface area (Å²) in [6.45, 7) is 6.23. The zero-order valence-corrected chi connectivity index (χ0v) is 31.3. The first-order chi connectivity index (χ1) is 27.2. The lowest BCUT2D eigenvalue weighted by Gasteiger charge is -2.10. The molecule has 0 unspecified atom stereocenters. The van der Waals surface area contributed by atoms with Crippen LogP contribution in [0.1, 0.15) is 46.0 Å². The van der Waals surface area contributed by atoms with Gasteiger partial charge in [-0.1, -0.05) is 0 Å². The number of carbonyl (C=O) groups excluding carboxylic acids is 2. The van der Waals surface area contributed by atoms with E-state index in [0.717, 1.165) is 49.2 Å². The van der Waals surface area contributed by atoms with E-state index in [0.29, 0.717) is 52.2 Å². The summed E-state index contributed by atoms with van der Waals surface area (Å²) in [4.78, 5) is 39.8. The summed E-state index contributed by atoms with van der Waals surface area (Å²) in [6.07, 6.45) is 3.30. The summed E-state index contributed by atoms with van der Waals surface area (Å²) >= 11 is 0. The van der Waals surface area contributed by atoms with Crippen molar-refractivity contribution in [3.05, 3.63) is 120 Å². The molecule has 0 spiro atoms. The molecule has 4 aromatic heterocycles. The number of aryl methyl sites for hydroxylation is 1. The van der Waals surface area contributed by atoms with Crippen molar-refractivity contribution >= 4 is 66.9 Å². The van der Waals surface area contributed by atoms with Gasteiger partial charge in [0.2, 0.25) is 0 Å². The molecule has 8 rings (SSSR count). The molecule has 0 bridgehead atoms. The number of carbonyl (C=O) groups is 2. The van der Waals surface area contributed by atoms with Crippen LogP contribution in [0, 0.1) is 6.92 Å². The number of nitrogens with one attached hydrogen (secondary N) is 2. The van der Waals surface area contributed by atoms with Crippen molar-refractivity contribution in [2.75, 3.05) is 31.8 Å². The quantitative estimate of drug-likeness (QED) is 0.0770. The predicted molar refractivity (Wildman–Crippen MR) is 216 cm³/mol. The predicted octanol–water partition coefficient (Wildman–Crippen LogP) is 8.99. The zero-order chi connectivity index (χ0) is 39.3. The number of nitrogens with two attached hydrogens (primary N) is 2. The molecule has 0 radical (unpaired) electrons. The SMILES string of the molecule is CCOC(=O)c1ncc2[nH]c3ccc(Oc4ccc(N)cc4)cc3c2c1C.CCOC(=O)c1ncc2[nH]c3ccc(Oc4ccc(N)cc4)cc3c2c1COC. The number of aromatic nitrogens is 4. The minimum atomic E-state index is -0.468. The fourth-order valence-electron chi connectivity index (χ4n) is 6.51. The lowest BCUT2D eigenvalue weighted by atomic mass is 10.1. The molecule has 0 aliphatic heterocycles.